The van der Waals surface area contributed by atoms with Gasteiger partial charge in [-0.3, -0.25) is 9.59 Å². The summed E-state index contributed by atoms with van der Waals surface area (Å²) in [6.07, 6.45) is -0.0758. The summed E-state index contributed by atoms with van der Waals surface area (Å²) in [6, 6.07) is 3.66. The highest BCUT2D eigenvalue weighted by Gasteiger charge is 2.39. The van der Waals surface area contributed by atoms with Crippen molar-refractivity contribution < 1.29 is 19.1 Å². The molecule has 34 heavy (non-hydrogen) atoms. The Kier molecular flexibility index (Phi) is 10.5. The molecule has 7 nitrogen and oxygen atoms in total. The molecule has 3 unspecified atom stereocenters. The summed E-state index contributed by atoms with van der Waals surface area (Å²) in [7, 11) is 0. The Morgan fingerprint density at radius 2 is 1.68 bits per heavy atom. The van der Waals surface area contributed by atoms with Gasteiger partial charge in [-0.15, -0.1) is 0 Å². The van der Waals surface area contributed by atoms with Crippen molar-refractivity contribution >= 4 is 30.5 Å². The molecule has 0 aliphatic rings. The number of amides is 3. The molecule has 0 aromatic heterocycles. The zero-order valence-corrected chi connectivity index (χ0v) is 23.3. The average Bonchev–Trinajstić information content (AvgIpc) is 2.68. The smallest absolute Gasteiger partial charge is 0.408 e. The topological polar surface area (TPSA) is 87.7 Å². The monoisotopic (exact) mass is 493 g/mol. The zero-order chi connectivity index (χ0) is 26.4. The van der Waals surface area contributed by atoms with Crippen LogP contribution in [0, 0.1) is 13.8 Å². The van der Waals surface area contributed by atoms with E-state index in [0.717, 1.165) is 16.7 Å². The van der Waals surface area contributed by atoms with E-state index >= 15 is 0 Å². The Morgan fingerprint density at radius 3 is 2.15 bits per heavy atom. The van der Waals surface area contributed by atoms with E-state index in [1.165, 1.54) is 0 Å². The van der Waals surface area contributed by atoms with Gasteiger partial charge in [0, 0.05) is 17.3 Å². The summed E-state index contributed by atoms with van der Waals surface area (Å²) in [5, 5.41) is 5.69. The lowest BCUT2D eigenvalue weighted by atomic mass is 9.93. The number of thiol groups is 1. The molecule has 0 bridgehead atoms. The number of ether oxygens (including phenoxy) is 1. The Bertz CT molecular complexity index is 874. The Balaban J connectivity index is 3.56. The lowest BCUT2D eigenvalue weighted by molar-refractivity contribution is -0.145. The van der Waals surface area contributed by atoms with Crippen molar-refractivity contribution in [3.63, 3.8) is 0 Å². The number of hydrogen-bond acceptors (Lipinski definition) is 5. The third kappa shape index (κ3) is 8.53. The summed E-state index contributed by atoms with van der Waals surface area (Å²) < 4.78 is 5.35. The number of benzene rings is 1. The number of hydrogen-bond donors (Lipinski definition) is 3. The van der Waals surface area contributed by atoms with Crippen LogP contribution >= 0.6 is 12.6 Å². The number of alkyl carbamates (subject to hydrolysis) is 1. The first-order chi connectivity index (χ1) is 15.5. The molecule has 0 radical (unpaired) electrons. The number of nitrogens with zero attached hydrogens (tertiary/aromatic N) is 1. The first-order valence-electron chi connectivity index (χ1n) is 11.8. The minimum atomic E-state index is -0.956. The second-order valence-corrected chi connectivity index (χ2v) is 11.2. The van der Waals surface area contributed by atoms with E-state index in [9.17, 15) is 14.4 Å². The Hall–Kier alpha value is -2.22. The summed E-state index contributed by atoms with van der Waals surface area (Å²) in [6.45, 7) is 18.8. The molecule has 1 aromatic rings. The van der Waals surface area contributed by atoms with Crippen molar-refractivity contribution in [3.05, 3.63) is 34.9 Å². The van der Waals surface area contributed by atoms with Crippen LogP contribution < -0.4 is 10.6 Å². The predicted octanol–water partition coefficient (Wildman–Crippen LogP) is 4.71. The first kappa shape index (κ1) is 29.8. The molecule has 0 saturated heterocycles. The summed E-state index contributed by atoms with van der Waals surface area (Å²) in [5.41, 5.74) is 1.53. The van der Waals surface area contributed by atoms with Crippen molar-refractivity contribution in [1.29, 1.82) is 0 Å². The van der Waals surface area contributed by atoms with Gasteiger partial charge in [0.25, 0.3) is 0 Å². The van der Waals surface area contributed by atoms with Crippen molar-refractivity contribution in [3.8, 4) is 0 Å². The molecule has 3 atom stereocenters. The molecular formula is C26H43N3O4S. The SMILES string of the molecule is CCC(C)N(C(=O)C(CS)NC(=O)OC(C)(C)C)C(C(=O)NC(C)(C)C)c1cccc(C)c1C. The van der Waals surface area contributed by atoms with Crippen LogP contribution in [0.5, 0.6) is 0 Å². The molecule has 1 aromatic carbocycles. The second kappa shape index (κ2) is 12.0. The zero-order valence-electron chi connectivity index (χ0n) is 22.4. The normalized spacial score (nSPS) is 14.6. The molecule has 0 aliphatic carbocycles. The minimum absolute atomic E-state index is 0.0609. The van der Waals surface area contributed by atoms with E-state index < -0.39 is 29.3 Å². The molecule has 3 amide bonds. The van der Waals surface area contributed by atoms with Gasteiger partial charge in [-0.2, -0.15) is 12.6 Å². The van der Waals surface area contributed by atoms with Gasteiger partial charge >= 0.3 is 6.09 Å². The van der Waals surface area contributed by atoms with Gasteiger partial charge in [0.2, 0.25) is 11.8 Å². The molecule has 192 valence electrons. The van der Waals surface area contributed by atoms with Crippen LogP contribution in [0.1, 0.15) is 84.5 Å². The summed E-state index contributed by atoms with van der Waals surface area (Å²) >= 11 is 4.33. The standard InChI is InChI=1S/C26H43N3O4S/c1-11-17(3)29(23(31)20(15-34)27-24(32)33-26(8,9)10)21(22(30)28-25(5,6)7)19-14-12-13-16(2)18(19)4/h12-14,17,20-21,34H,11,15H2,1-10H3,(H,27,32)(H,28,30). The Morgan fingerprint density at radius 1 is 1.09 bits per heavy atom. The molecular weight excluding hydrogens is 450 g/mol. The van der Waals surface area contributed by atoms with Crippen LogP contribution in [0.4, 0.5) is 4.79 Å². The lowest BCUT2D eigenvalue weighted by Crippen LogP contribution is -2.57. The second-order valence-electron chi connectivity index (χ2n) is 10.8. The predicted molar refractivity (Wildman–Crippen MR) is 140 cm³/mol. The molecule has 0 heterocycles. The quantitative estimate of drug-likeness (QED) is 0.458. The van der Waals surface area contributed by atoms with Crippen LogP contribution in [0.15, 0.2) is 18.2 Å². The number of rotatable bonds is 8. The maximum atomic E-state index is 13.9. The molecule has 0 aliphatic heterocycles. The maximum absolute atomic E-state index is 13.9. The van der Waals surface area contributed by atoms with E-state index in [1.807, 2.05) is 66.7 Å². The van der Waals surface area contributed by atoms with Crippen LogP contribution in [-0.4, -0.2) is 51.8 Å². The van der Waals surface area contributed by atoms with Gasteiger partial charge in [0.1, 0.15) is 17.7 Å². The highest BCUT2D eigenvalue weighted by atomic mass is 32.1. The summed E-state index contributed by atoms with van der Waals surface area (Å²) in [4.78, 5) is 41.6. The minimum Gasteiger partial charge on any atom is -0.444 e. The molecule has 1 rings (SSSR count). The summed E-state index contributed by atoms with van der Waals surface area (Å²) in [5.74, 6) is -0.596. The van der Waals surface area contributed by atoms with Crippen molar-refractivity contribution in [2.24, 2.45) is 0 Å². The highest BCUT2D eigenvalue weighted by molar-refractivity contribution is 7.80. The number of carbonyl (C=O) groups excluding carboxylic acids is 3. The van der Waals surface area contributed by atoms with Crippen molar-refractivity contribution in [1.82, 2.24) is 15.5 Å². The van der Waals surface area contributed by atoms with Crippen molar-refractivity contribution in [2.75, 3.05) is 5.75 Å². The fraction of sp³-hybridized carbons (Fsp3) is 0.654. The van der Waals surface area contributed by atoms with Crippen LogP contribution in [0.3, 0.4) is 0 Å². The van der Waals surface area contributed by atoms with Gasteiger partial charge in [-0.1, -0.05) is 25.1 Å². The van der Waals surface area contributed by atoms with E-state index in [4.69, 9.17) is 4.74 Å². The number of aryl methyl sites for hydroxylation is 1. The maximum Gasteiger partial charge on any atom is 0.408 e. The van der Waals surface area contributed by atoms with E-state index in [0.29, 0.717) is 6.42 Å². The molecule has 0 spiro atoms. The van der Waals surface area contributed by atoms with E-state index in [2.05, 4.69) is 23.3 Å². The molecule has 0 fully saturated rings. The lowest BCUT2D eigenvalue weighted by Gasteiger charge is -2.39. The Labute approximate surface area is 210 Å². The van der Waals surface area contributed by atoms with Gasteiger partial charge in [0.15, 0.2) is 0 Å². The fourth-order valence-electron chi connectivity index (χ4n) is 3.54. The van der Waals surface area contributed by atoms with E-state index in [-0.39, 0.29) is 23.6 Å². The van der Waals surface area contributed by atoms with Crippen LogP contribution in [-0.2, 0) is 14.3 Å². The largest absolute Gasteiger partial charge is 0.444 e. The van der Waals surface area contributed by atoms with Gasteiger partial charge in [0.05, 0.1) is 0 Å². The first-order valence-corrected chi connectivity index (χ1v) is 12.5. The third-order valence-corrected chi connectivity index (χ3v) is 5.82. The third-order valence-electron chi connectivity index (χ3n) is 5.46. The number of carbonyl (C=O) groups is 3. The number of nitrogens with one attached hydrogen (secondary N) is 2. The molecule has 0 saturated carbocycles. The van der Waals surface area contributed by atoms with Gasteiger partial charge < -0.3 is 20.3 Å². The van der Waals surface area contributed by atoms with Crippen molar-refractivity contribution in [2.45, 2.75) is 105 Å². The molecule has 8 heteroatoms. The average molecular weight is 494 g/mol. The van der Waals surface area contributed by atoms with Gasteiger partial charge in [-0.05, 0) is 85.4 Å². The highest BCUT2D eigenvalue weighted by Crippen LogP contribution is 2.30. The van der Waals surface area contributed by atoms with E-state index in [1.54, 1.807) is 25.7 Å². The van der Waals surface area contributed by atoms with Crippen LogP contribution in [0.25, 0.3) is 0 Å². The van der Waals surface area contributed by atoms with Gasteiger partial charge in [-0.25, -0.2) is 4.79 Å². The fourth-order valence-corrected chi connectivity index (χ4v) is 3.78. The molecule has 2 N–H and O–H groups in total. The van der Waals surface area contributed by atoms with Crippen LogP contribution in [0.2, 0.25) is 0 Å².